The van der Waals surface area contributed by atoms with Crippen molar-refractivity contribution < 1.29 is 0 Å². The lowest BCUT2D eigenvalue weighted by molar-refractivity contribution is 0.708. The van der Waals surface area contributed by atoms with E-state index in [1.54, 1.807) is 0 Å². The van der Waals surface area contributed by atoms with Crippen LogP contribution in [-0.2, 0) is 0 Å². The van der Waals surface area contributed by atoms with E-state index in [1.165, 1.54) is 12.8 Å². The quantitative estimate of drug-likeness (QED) is 0.809. The van der Waals surface area contributed by atoms with Crippen molar-refractivity contribution in [1.82, 2.24) is 0 Å². The first-order chi connectivity index (χ1) is 8.61. The van der Waals surface area contributed by atoms with E-state index in [0.717, 1.165) is 41.7 Å². The van der Waals surface area contributed by atoms with Crippen LogP contribution in [0.25, 0.3) is 0 Å². The molecule has 0 unspecified atom stereocenters. The molecule has 1 aromatic carbocycles. The van der Waals surface area contributed by atoms with Crippen molar-refractivity contribution in [3.63, 3.8) is 0 Å². The SMILES string of the molecule is CCCN(CC1CC1)c1ccc(C(N)=S)cc1Cl. The number of hydrogen-bond acceptors (Lipinski definition) is 2. The maximum absolute atomic E-state index is 6.35. The first-order valence-corrected chi connectivity index (χ1v) is 7.24. The zero-order valence-corrected chi connectivity index (χ0v) is 12.2. The second-order valence-electron chi connectivity index (χ2n) is 4.92. The largest absolute Gasteiger partial charge is 0.389 e. The van der Waals surface area contributed by atoms with Crippen LogP contribution in [-0.4, -0.2) is 18.1 Å². The summed E-state index contributed by atoms with van der Waals surface area (Å²) < 4.78 is 0. The molecule has 0 atom stereocenters. The highest BCUT2D eigenvalue weighted by Crippen LogP contribution is 2.34. The Morgan fingerprint density at radius 1 is 1.50 bits per heavy atom. The molecule has 4 heteroatoms. The minimum atomic E-state index is 0.396. The van der Waals surface area contributed by atoms with E-state index in [4.69, 9.17) is 29.6 Å². The molecule has 1 aliphatic carbocycles. The van der Waals surface area contributed by atoms with Gasteiger partial charge in [-0.1, -0.05) is 30.7 Å². The van der Waals surface area contributed by atoms with Gasteiger partial charge in [0.25, 0.3) is 0 Å². The highest BCUT2D eigenvalue weighted by Gasteiger charge is 2.25. The third kappa shape index (κ3) is 3.36. The predicted molar refractivity (Wildman–Crippen MR) is 82.6 cm³/mol. The fourth-order valence-corrected chi connectivity index (χ4v) is 2.54. The summed E-state index contributed by atoms with van der Waals surface area (Å²) in [6, 6.07) is 5.86. The summed E-state index contributed by atoms with van der Waals surface area (Å²) in [6.45, 7) is 4.35. The Morgan fingerprint density at radius 2 is 2.22 bits per heavy atom. The van der Waals surface area contributed by atoms with Crippen LogP contribution in [0.5, 0.6) is 0 Å². The lowest BCUT2D eigenvalue weighted by atomic mass is 10.1. The van der Waals surface area contributed by atoms with Crippen molar-refractivity contribution >= 4 is 34.5 Å². The third-order valence-electron chi connectivity index (χ3n) is 3.24. The van der Waals surface area contributed by atoms with E-state index in [-0.39, 0.29) is 0 Å². The van der Waals surface area contributed by atoms with Crippen molar-refractivity contribution in [2.24, 2.45) is 11.7 Å². The standard InChI is InChI=1S/C14H19ClN2S/c1-2-7-17(9-10-3-4-10)13-6-5-11(14(16)18)8-12(13)15/h5-6,8,10H,2-4,7,9H2,1H3,(H2,16,18). The zero-order valence-electron chi connectivity index (χ0n) is 10.7. The van der Waals surface area contributed by atoms with Crippen molar-refractivity contribution in [2.75, 3.05) is 18.0 Å². The third-order valence-corrected chi connectivity index (χ3v) is 3.78. The number of anilines is 1. The Balaban J connectivity index is 2.20. The van der Waals surface area contributed by atoms with E-state index < -0.39 is 0 Å². The number of benzene rings is 1. The number of nitrogens with two attached hydrogens (primary N) is 1. The van der Waals surface area contributed by atoms with Gasteiger partial charge in [-0.25, -0.2) is 0 Å². The number of rotatable bonds is 6. The molecule has 1 fully saturated rings. The van der Waals surface area contributed by atoms with Gasteiger partial charge in [0.15, 0.2) is 0 Å². The monoisotopic (exact) mass is 282 g/mol. The van der Waals surface area contributed by atoms with Crippen LogP contribution in [0.3, 0.4) is 0 Å². The molecule has 0 spiro atoms. The highest BCUT2D eigenvalue weighted by molar-refractivity contribution is 7.80. The molecule has 1 saturated carbocycles. The van der Waals surface area contributed by atoms with Gasteiger partial charge in [0.2, 0.25) is 0 Å². The van der Waals surface area contributed by atoms with Crippen LogP contribution in [0.4, 0.5) is 5.69 Å². The van der Waals surface area contributed by atoms with E-state index >= 15 is 0 Å². The summed E-state index contributed by atoms with van der Waals surface area (Å²) in [5.74, 6) is 0.850. The Bertz CT molecular complexity index is 443. The molecule has 0 heterocycles. The molecule has 0 radical (unpaired) electrons. The number of thiocarbonyl (C=S) groups is 1. The maximum Gasteiger partial charge on any atom is 0.104 e. The van der Waals surface area contributed by atoms with Crippen molar-refractivity contribution in [1.29, 1.82) is 0 Å². The van der Waals surface area contributed by atoms with Gasteiger partial charge in [-0.15, -0.1) is 0 Å². The topological polar surface area (TPSA) is 29.3 Å². The van der Waals surface area contributed by atoms with Crippen LogP contribution in [0.2, 0.25) is 5.02 Å². The lowest BCUT2D eigenvalue weighted by Gasteiger charge is -2.25. The van der Waals surface area contributed by atoms with E-state index in [1.807, 2.05) is 18.2 Å². The highest BCUT2D eigenvalue weighted by atomic mass is 35.5. The van der Waals surface area contributed by atoms with Gasteiger partial charge >= 0.3 is 0 Å². The van der Waals surface area contributed by atoms with Gasteiger partial charge in [-0.2, -0.15) is 0 Å². The van der Waals surface area contributed by atoms with Crippen LogP contribution >= 0.6 is 23.8 Å². The molecule has 0 aromatic heterocycles. The second-order valence-corrected chi connectivity index (χ2v) is 5.77. The molecule has 1 aliphatic rings. The molecule has 18 heavy (non-hydrogen) atoms. The normalized spacial score (nSPS) is 14.6. The summed E-state index contributed by atoms with van der Waals surface area (Å²) in [6.07, 6.45) is 3.83. The molecule has 98 valence electrons. The molecule has 0 bridgehead atoms. The van der Waals surface area contributed by atoms with Gasteiger partial charge < -0.3 is 10.6 Å². The van der Waals surface area contributed by atoms with Gasteiger partial charge in [-0.3, -0.25) is 0 Å². The van der Waals surface area contributed by atoms with Crippen LogP contribution in [0.15, 0.2) is 18.2 Å². The Kier molecular flexibility index (Phi) is 4.46. The molecule has 1 aromatic rings. The molecule has 2 N–H and O–H groups in total. The fourth-order valence-electron chi connectivity index (χ4n) is 2.11. The Labute approximate surface area is 119 Å². The summed E-state index contributed by atoms with van der Waals surface area (Å²) in [4.78, 5) is 2.77. The first kappa shape index (κ1) is 13.6. The average Bonchev–Trinajstić information content (AvgIpc) is 3.12. The van der Waals surface area contributed by atoms with Crippen LogP contribution < -0.4 is 10.6 Å². The van der Waals surface area contributed by atoms with Crippen molar-refractivity contribution in [3.05, 3.63) is 28.8 Å². The molecular formula is C14H19ClN2S. The summed E-state index contributed by atoms with van der Waals surface area (Å²) in [5.41, 5.74) is 7.55. The van der Waals surface area contributed by atoms with Gasteiger partial charge in [0.05, 0.1) is 10.7 Å². The van der Waals surface area contributed by atoms with Gasteiger partial charge in [0.1, 0.15) is 4.99 Å². The van der Waals surface area contributed by atoms with E-state index in [2.05, 4.69) is 11.8 Å². The van der Waals surface area contributed by atoms with Crippen molar-refractivity contribution in [2.45, 2.75) is 26.2 Å². The second kappa shape index (κ2) is 5.89. The molecule has 0 saturated heterocycles. The molecule has 0 amide bonds. The Hall–Kier alpha value is -0.800. The van der Waals surface area contributed by atoms with Crippen LogP contribution in [0, 0.1) is 5.92 Å². The summed E-state index contributed by atoms with van der Waals surface area (Å²) >= 11 is 11.3. The molecule has 2 nitrogen and oxygen atoms in total. The number of halogens is 1. The maximum atomic E-state index is 6.35. The number of hydrogen-bond donors (Lipinski definition) is 1. The summed E-state index contributed by atoms with van der Waals surface area (Å²) in [5, 5.41) is 0.745. The Morgan fingerprint density at radius 3 is 2.72 bits per heavy atom. The fraction of sp³-hybridized carbons (Fsp3) is 0.500. The average molecular weight is 283 g/mol. The van der Waals surface area contributed by atoms with E-state index in [9.17, 15) is 0 Å². The van der Waals surface area contributed by atoms with Crippen LogP contribution in [0.1, 0.15) is 31.7 Å². The molecule has 0 aliphatic heterocycles. The lowest BCUT2D eigenvalue weighted by Crippen LogP contribution is -2.27. The van der Waals surface area contributed by atoms with Gasteiger partial charge in [-0.05, 0) is 43.4 Å². The van der Waals surface area contributed by atoms with E-state index in [0.29, 0.717) is 4.99 Å². The minimum absolute atomic E-state index is 0.396. The predicted octanol–water partition coefficient (Wildman–Crippen LogP) is 3.60. The first-order valence-electron chi connectivity index (χ1n) is 6.46. The minimum Gasteiger partial charge on any atom is -0.389 e. The number of nitrogens with zero attached hydrogens (tertiary/aromatic N) is 1. The smallest absolute Gasteiger partial charge is 0.104 e. The zero-order chi connectivity index (χ0) is 13.1. The summed E-state index contributed by atoms with van der Waals surface area (Å²) in [7, 11) is 0. The molecule has 2 rings (SSSR count). The van der Waals surface area contributed by atoms with Crippen molar-refractivity contribution in [3.8, 4) is 0 Å². The van der Waals surface area contributed by atoms with Gasteiger partial charge in [0, 0.05) is 18.7 Å². The molecular weight excluding hydrogens is 264 g/mol.